The van der Waals surface area contributed by atoms with Crippen LogP contribution < -0.4 is 5.32 Å². The van der Waals surface area contributed by atoms with Crippen LogP contribution in [0.25, 0.3) is 32.7 Å². The summed E-state index contributed by atoms with van der Waals surface area (Å²) in [5, 5.41) is 7.74. The van der Waals surface area contributed by atoms with E-state index in [0.717, 1.165) is 64.8 Å². The number of rotatable bonds is 5. The number of benzene rings is 4. The van der Waals surface area contributed by atoms with E-state index in [-0.39, 0.29) is 46.1 Å². The largest absolute Gasteiger partial charge is 0.459 e. The number of fused-ring (bicyclic) bond motifs is 2. The van der Waals surface area contributed by atoms with E-state index < -0.39 is 0 Å². The van der Waals surface area contributed by atoms with Crippen LogP contribution in [-0.2, 0) is 9.47 Å². The minimum Gasteiger partial charge on any atom is -0.459 e. The molecule has 0 atom stereocenters. The zero-order valence-corrected chi connectivity index (χ0v) is 28.8. The summed E-state index contributed by atoms with van der Waals surface area (Å²) in [5.41, 5.74) is 3.32. The Morgan fingerprint density at radius 3 is 1.76 bits per heavy atom. The van der Waals surface area contributed by atoms with Gasteiger partial charge in [0.15, 0.2) is 0 Å². The van der Waals surface area contributed by atoms with Gasteiger partial charge in [-0.15, -0.1) is 0 Å². The topological polar surface area (TPSA) is 64.6 Å². The molecule has 1 heterocycles. The third-order valence-corrected chi connectivity index (χ3v) is 9.72. The summed E-state index contributed by atoms with van der Waals surface area (Å²) < 4.78 is 12.1. The van der Waals surface area contributed by atoms with Crippen molar-refractivity contribution < 1.29 is 19.1 Å². The van der Waals surface area contributed by atoms with Crippen molar-refractivity contribution in [2.75, 3.05) is 0 Å². The van der Waals surface area contributed by atoms with Gasteiger partial charge in [-0.2, -0.15) is 0 Å². The second-order valence-corrected chi connectivity index (χ2v) is 16.8. The van der Waals surface area contributed by atoms with E-state index in [1.165, 1.54) is 0 Å². The van der Waals surface area contributed by atoms with Crippen LogP contribution in [-0.4, -0.2) is 35.2 Å². The zero-order chi connectivity index (χ0) is 33.1. The van der Waals surface area contributed by atoms with Crippen LogP contribution in [0.5, 0.6) is 0 Å². The number of hydrogen-bond acceptors (Lipinski definition) is 5. The molecule has 0 bridgehead atoms. The molecule has 46 heavy (non-hydrogen) atoms. The molecular weight excluding hydrogens is 570 g/mol. The van der Waals surface area contributed by atoms with E-state index in [1.807, 2.05) is 42.5 Å². The summed E-state index contributed by atoms with van der Waals surface area (Å²) in [7, 11) is 0. The standard InChI is InChI=1S/C41H49NO4/c1-38(2)21-32(22-39(3,4)25-38)45-36(43)30-17-14-27-18-29(15-13-28(27)19-30)34-11-9-10-26-12-16-31(20-35(26)34)37(44)46-33-23-40(5,6)42-41(7,8)24-33/h9-20,32-33,42H,21-25H2,1-8H3. The van der Waals surface area contributed by atoms with E-state index in [0.29, 0.717) is 11.1 Å². The zero-order valence-electron chi connectivity index (χ0n) is 28.8. The number of carbonyl (C=O) groups excluding carboxylic acids is 2. The monoisotopic (exact) mass is 619 g/mol. The third-order valence-electron chi connectivity index (χ3n) is 9.72. The number of piperidine rings is 1. The van der Waals surface area contributed by atoms with Crippen LogP contribution in [0.2, 0.25) is 0 Å². The highest BCUT2D eigenvalue weighted by Gasteiger charge is 2.41. The molecule has 0 aromatic heterocycles. The lowest BCUT2D eigenvalue weighted by Gasteiger charge is -2.45. The Kier molecular flexibility index (Phi) is 8.08. The van der Waals surface area contributed by atoms with Crippen molar-refractivity contribution in [2.24, 2.45) is 10.8 Å². The predicted molar refractivity (Wildman–Crippen MR) is 187 cm³/mol. The van der Waals surface area contributed by atoms with Gasteiger partial charge in [0, 0.05) is 23.9 Å². The number of nitrogens with one attached hydrogen (secondary N) is 1. The highest BCUT2D eigenvalue weighted by molar-refractivity contribution is 6.03. The Balaban J connectivity index is 1.23. The van der Waals surface area contributed by atoms with Crippen molar-refractivity contribution in [1.29, 1.82) is 0 Å². The lowest BCUT2D eigenvalue weighted by molar-refractivity contribution is -0.0284. The highest BCUT2D eigenvalue weighted by Crippen LogP contribution is 2.47. The molecule has 242 valence electrons. The SMILES string of the molecule is CC1(C)CC(OC(=O)c2ccc3cc(-c4cccc5ccc(C(=O)OC6CC(C)(C)NC(C)(C)C6)cc45)ccc3c2)CC(C)(C)C1. The summed E-state index contributed by atoms with van der Waals surface area (Å²) in [4.78, 5) is 26.6. The Labute approximate surface area is 274 Å². The molecule has 0 spiro atoms. The molecule has 4 aromatic carbocycles. The van der Waals surface area contributed by atoms with Crippen LogP contribution in [0.3, 0.4) is 0 Å². The van der Waals surface area contributed by atoms with Crippen molar-refractivity contribution in [1.82, 2.24) is 5.32 Å². The van der Waals surface area contributed by atoms with E-state index >= 15 is 0 Å². The molecule has 1 N–H and O–H groups in total. The van der Waals surface area contributed by atoms with E-state index in [2.05, 4.69) is 91.0 Å². The maximum Gasteiger partial charge on any atom is 0.338 e. The lowest BCUT2D eigenvalue weighted by Crippen LogP contribution is -2.59. The van der Waals surface area contributed by atoms with Gasteiger partial charge in [0.25, 0.3) is 0 Å². The van der Waals surface area contributed by atoms with Gasteiger partial charge in [0.2, 0.25) is 0 Å². The van der Waals surface area contributed by atoms with Crippen LogP contribution in [0.4, 0.5) is 0 Å². The molecule has 0 unspecified atom stereocenters. The van der Waals surface area contributed by atoms with Gasteiger partial charge in [-0.1, -0.05) is 70.2 Å². The summed E-state index contributed by atoms with van der Waals surface area (Å²) in [6.07, 6.45) is 4.23. The van der Waals surface area contributed by atoms with Crippen molar-refractivity contribution in [2.45, 2.75) is 111 Å². The van der Waals surface area contributed by atoms with Gasteiger partial charge in [-0.05, 0) is 121 Å². The normalized spacial score (nSPS) is 20.8. The number of ether oxygens (including phenoxy) is 2. The Morgan fingerprint density at radius 2 is 1.13 bits per heavy atom. The molecule has 6 rings (SSSR count). The smallest absolute Gasteiger partial charge is 0.338 e. The summed E-state index contributed by atoms with van der Waals surface area (Å²) >= 11 is 0. The van der Waals surface area contributed by atoms with Crippen molar-refractivity contribution in [3.05, 3.63) is 83.9 Å². The number of carbonyl (C=O) groups is 2. The predicted octanol–water partition coefficient (Wildman–Crippen LogP) is 9.89. The van der Waals surface area contributed by atoms with E-state index in [1.54, 1.807) is 0 Å². The molecule has 1 aliphatic heterocycles. The molecule has 2 fully saturated rings. The molecule has 5 nitrogen and oxygen atoms in total. The maximum absolute atomic E-state index is 13.4. The first kappa shape index (κ1) is 32.2. The summed E-state index contributed by atoms with van der Waals surface area (Å²) in [5.74, 6) is -0.539. The molecule has 0 radical (unpaired) electrons. The van der Waals surface area contributed by atoms with Gasteiger partial charge in [-0.25, -0.2) is 9.59 Å². The highest BCUT2D eigenvalue weighted by atomic mass is 16.5. The average molecular weight is 620 g/mol. The Bertz CT molecular complexity index is 1780. The molecule has 5 heteroatoms. The van der Waals surface area contributed by atoms with Crippen molar-refractivity contribution >= 4 is 33.5 Å². The van der Waals surface area contributed by atoms with Crippen molar-refractivity contribution in [3.8, 4) is 11.1 Å². The van der Waals surface area contributed by atoms with Gasteiger partial charge in [-0.3, -0.25) is 0 Å². The van der Waals surface area contributed by atoms with E-state index in [4.69, 9.17) is 9.47 Å². The fraction of sp³-hybridized carbons (Fsp3) is 0.463. The van der Waals surface area contributed by atoms with Crippen LogP contribution in [0, 0.1) is 10.8 Å². The maximum atomic E-state index is 13.4. The first-order chi connectivity index (χ1) is 21.5. The Morgan fingerprint density at radius 1 is 0.609 bits per heavy atom. The molecular formula is C41H49NO4. The molecule has 2 aliphatic rings. The first-order valence-corrected chi connectivity index (χ1v) is 16.8. The second-order valence-electron chi connectivity index (χ2n) is 16.8. The van der Waals surface area contributed by atoms with Gasteiger partial charge in [0.05, 0.1) is 11.1 Å². The minimum atomic E-state index is -0.284. The van der Waals surface area contributed by atoms with Gasteiger partial charge < -0.3 is 14.8 Å². The Hall–Kier alpha value is -3.70. The van der Waals surface area contributed by atoms with Crippen LogP contribution in [0.1, 0.15) is 108 Å². The average Bonchev–Trinajstić information content (AvgIpc) is 2.92. The number of esters is 2. The number of hydrogen-bond donors (Lipinski definition) is 1. The first-order valence-electron chi connectivity index (χ1n) is 16.8. The summed E-state index contributed by atoms with van der Waals surface area (Å²) in [6, 6.07) is 24.1. The molecule has 4 aromatic rings. The fourth-order valence-corrected chi connectivity index (χ4v) is 8.77. The van der Waals surface area contributed by atoms with Crippen LogP contribution >= 0.6 is 0 Å². The fourth-order valence-electron chi connectivity index (χ4n) is 8.77. The van der Waals surface area contributed by atoms with Crippen LogP contribution in [0.15, 0.2) is 72.8 Å². The van der Waals surface area contributed by atoms with Crippen molar-refractivity contribution in [3.63, 3.8) is 0 Å². The molecule has 0 amide bonds. The van der Waals surface area contributed by atoms with Gasteiger partial charge in [0.1, 0.15) is 12.2 Å². The quantitative estimate of drug-likeness (QED) is 0.225. The minimum absolute atomic E-state index is 0.0729. The summed E-state index contributed by atoms with van der Waals surface area (Å²) in [6.45, 7) is 17.7. The lowest BCUT2D eigenvalue weighted by atomic mass is 9.64. The second kappa shape index (κ2) is 11.5. The molecule has 1 aliphatic carbocycles. The molecule has 1 saturated heterocycles. The third kappa shape index (κ3) is 7.15. The molecule has 1 saturated carbocycles. The van der Waals surface area contributed by atoms with E-state index in [9.17, 15) is 9.59 Å². The van der Waals surface area contributed by atoms with Gasteiger partial charge >= 0.3 is 11.9 Å².